The fraction of sp³-hybridized carbons (Fsp3) is 0.647. The van der Waals surface area contributed by atoms with Gasteiger partial charge in [0.25, 0.3) is 10.2 Å². The molecular weight excluding hydrogens is 326 g/mol. The van der Waals surface area contributed by atoms with Crippen molar-refractivity contribution in [1.29, 1.82) is 0 Å². The van der Waals surface area contributed by atoms with Gasteiger partial charge in [-0.15, -0.1) is 0 Å². The molecule has 2 aliphatic rings. The number of aliphatic hydroxyl groups is 1. The Morgan fingerprint density at radius 2 is 1.92 bits per heavy atom. The maximum atomic E-state index is 12.3. The monoisotopic (exact) mass is 353 g/mol. The van der Waals surface area contributed by atoms with E-state index in [1.165, 1.54) is 28.3 Å². The normalized spacial score (nSPS) is 29.6. The highest BCUT2D eigenvalue weighted by molar-refractivity contribution is 7.86. The zero-order valence-corrected chi connectivity index (χ0v) is 15.2. The summed E-state index contributed by atoms with van der Waals surface area (Å²) in [5.74, 6) is 0. The molecule has 0 amide bonds. The quantitative estimate of drug-likeness (QED) is 0.873. The van der Waals surface area contributed by atoms with E-state index in [4.69, 9.17) is 0 Å². The van der Waals surface area contributed by atoms with E-state index >= 15 is 0 Å². The molecule has 0 radical (unpaired) electrons. The van der Waals surface area contributed by atoms with Crippen LogP contribution in [-0.4, -0.2) is 72.4 Å². The second-order valence-corrected chi connectivity index (χ2v) is 9.17. The molecule has 134 valence electrons. The van der Waals surface area contributed by atoms with Gasteiger partial charge in [0.1, 0.15) is 0 Å². The van der Waals surface area contributed by atoms with E-state index in [-0.39, 0.29) is 12.1 Å². The minimum Gasteiger partial charge on any atom is -0.390 e. The first-order chi connectivity index (χ1) is 11.4. The van der Waals surface area contributed by atoms with Crippen molar-refractivity contribution in [1.82, 2.24) is 13.5 Å². The average molecular weight is 353 g/mol. The van der Waals surface area contributed by atoms with Gasteiger partial charge in [-0.25, -0.2) is 0 Å². The number of β-amino-alcohol motifs (C(OH)–C–C–N with tert-alkyl or cyclic N) is 1. The molecule has 0 unspecified atom stereocenters. The molecule has 6 nitrogen and oxygen atoms in total. The van der Waals surface area contributed by atoms with Crippen LogP contribution in [0.15, 0.2) is 30.3 Å². The van der Waals surface area contributed by atoms with Crippen LogP contribution in [-0.2, 0) is 16.8 Å². The first kappa shape index (κ1) is 17.8. The number of benzene rings is 1. The van der Waals surface area contributed by atoms with E-state index in [1.54, 1.807) is 0 Å². The van der Waals surface area contributed by atoms with Crippen LogP contribution in [0.25, 0.3) is 0 Å². The molecule has 2 saturated heterocycles. The standard InChI is InChI=1S/C17H27N3O3S/c1-18(2)24(22,23)20-12-10-17(16(21)14-20)9-6-11-19(17)13-15-7-4-3-5-8-15/h3-5,7-8,16,21H,6,9-14H2,1-2H3/t16-,17-/m0/s1. The second kappa shape index (κ2) is 6.72. The Bertz CT molecular complexity index is 665. The van der Waals surface area contributed by atoms with Gasteiger partial charge in [0.2, 0.25) is 0 Å². The van der Waals surface area contributed by atoms with Crippen LogP contribution in [0, 0.1) is 0 Å². The fourth-order valence-corrected chi connectivity index (χ4v) is 5.15. The second-order valence-electron chi connectivity index (χ2n) is 7.03. The van der Waals surface area contributed by atoms with Crippen LogP contribution in [0.2, 0.25) is 0 Å². The Balaban J connectivity index is 1.76. The van der Waals surface area contributed by atoms with Crippen LogP contribution in [0.4, 0.5) is 0 Å². The molecule has 24 heavy (non-hydrogen) atoms. The first-order valence-electron chi connectivity index (χ1n) is 8.51. The molecule has 2 atom stereocenters. The SMILES string of the molecule is CN(C)S(=O)(=O)N1CC[C@@]2(CCCN2Cc2ccccc2)[C@@H](O)C1. The molecule has 1 spiro atoms. The summed E-state index contributed by atoms with van der Waals surface area (Å²) in [5, 5.41) is 10.9. The van der Waals surface area contributed by atoms with E-state index in [9.17, 15) is 13.5 Å². The predicted octanol–water partition coefficient (Wildman–Crippen LogP) is 0.894. The number of hydrogen-bond acceptors (Lipinski definition) is 4. The first-order valence-corrected chi connectivity index (χ1v) is 9.90. The lowest BCUT2D eigenvalue weighted by atomic mass is 9.83. The van der Waals surface area contributed by atoms with Gasteiger partial charge < -0.3 is 5.11 Å². The number of piperidine rings is 1. The minimum absolute atomic E-state index is 0.172. The number of hydrogen-bond donors (Lipinski definition) is 1. The van der Waals surface area contributed by atoms with Crippen LogP contribution >= 0.6 is 0 Å². The zero-order valence-electron chi connectivity index (χ0n) is 14.4. The molecule has 7 heteroatoms. The van der Waals surface area contributed by atoms with Crippen molar-refractivity contribution >= 4 is 10.2 Å². The van der Waals surface area contributed by atoms with Gasteiger partial charge in [-0.3, -0.25) is 4.90 Å². The molecule has 1 N–H and O–H groups in total. The van der Waals surface area contributed by atoms with Crippen molar-refractivity contribution in [3.63, 3.8) is 0 Å². The highest BCUT2D eigenvalue weighted by Gasteiger charge is 2.50. The highest BCUT2D eigenvalue weighted by atomic mass is 32.2. The summed E-state index contributed by atoms with van der Waals surface area (Å²) in [5.41, 5.74) is 0.933. The van der Waals surface area contributed by atoms with E-state index in [2.05, 4.69) is 17.0 Å². The topological polar surface area (TPSA) is 64.1 Å². The predicted molar refractivity (Wildman–Crippen MR) is 93.6 cm³/mol. The molecule has 2 fully saturated rings. The number of aliphatic hydroxyl groups excluding tert-OH is 1. The summed E-state index contributed by atoms with van der Waals surface area (Å²) < 4.78 is 27.3. The van der Waals surface area contributed by atoms with Crippen molar-refractivity contribution in [3.05, 3.63) is 35.9 Å². The number of rotatable bonds is 4. The van der Waals surface area contributed by atoms with Crippen molar-refractivity contribution in [2.45, 2.75) is 37.5 Å². The molecule has 3 rings (SSSR count). The molecule has 2 heterocycles. The van der Waals surface area contributed by atoms with E-state index < -0.39 is 16.3 Å². The maximum absolute atomic E-state index is 12.3. The summed E-state index contributed by atoms with van der Waals surface area (Å²) in [4.78, 5) is 2.35. The van der Waals surface area contributed by atoms with Gasteiger partial charge in [-0.05, 0) is 31.4 Å². The molecule has 0 saturated carbocycles. The van der Waals surface area contributed by atoms with E-state index in [1.807, 2.05) is 18.2 Å². The lowest BCUT2D eigenvalue weighted by Crippen LogP contribution is -2.62. The maximum Gasteiger partial charge on any atom is 0.281 e. The molecule has 0 bridgehead atoms. The Morgan fingerprint density at radius 3 is 2.54 bits per heavy atom. The third-order valence-electron chi connectivity index (χ3n) is 5.46. The zero-order chi connectivity index (χ0) is 17.4. The smallest absolute Gasteiger partial charge is 0.281 e. The van der Waals surface area contributed by atoms with Gasteiger partial charge in [-0.2, -0.15) is 17.0 Å². The summed E-state index contributed by atoms with van der Waals surface area (Å²) in [6.45, 7) is 2.39. The van der Waals surface area contributed by atoms with Crippen molar-refractivity contribution in [3.8, 4) is 0 Å². The van der Waals surface area contributed by atoms with Gasteiger partial charge in [0.05, 0.1) is 6.10 Å². The summed E-state index contributed by atoms with van der Waals surface area (Å²) in [6, 6.07) is 10.3. The van der Waals surface area contributed by atoms with Crippen molar-refractivity contribution in [2.75, 3.05) is 33.7 Å². The van der Waals surface area contributed by atoms with Crippen LogP contribution in [0.3, 0.4) is 0 Å². The molecule has 0 aliphatic carbocycles. The Morgan fingerprint density at radius 1 is 1.21 bits per heavy atom. The summed E-state index contributed by atoms with van der Waals surface area (Å²) >= 11 is 0. The van der Waals surface area contributed by atoms with Gasteiger partial charge in [0.15, 0.2) is 0 Å². The molecule has 2 aliphatic heterocycles. The molecule has 0 aromatic heterocycles. The molecule has 1 aromatic rings. The third kappa shape index (κ3) is 3.11. The van der Waals surface area contributed by atoms with Crippen molar-refractivity contribution in [2.24, 2.45) is 0 Å². The van der Waals surface area contributed by atoms with Crippen LogP contribution in [0.5, 0.6) is 0 Å². The van der Waals surface area contributed by atoms with Crippen LogP contribution in [0.1, 0.15) is 24.8 Å². The molecule has 1 aromatic carbocycles. The lowest BCUT2D eigenvalue weighted by molar-refractivity contribution is -0.0504. The lowest BCUT2D eigenvalue weighted by Gasteiger charge is -2.48. The van der Waals surface area contributed by atoms with Gasteiger partial charge >= 0.3 is 0 Å². The largest absolute Gasteiger partial charge is 0.390 e. The Hall–Kier alpha value is -0.990. The fourth-order valence-electron chi connectivity index (χ4n) is 4.04. The third-order valence-corrected chi connectivity index (χ3v) is 7.37. The Kier molecular flexibility index (Phi) is 4.99. The average Bonchev–Trinajstić information content (AvgIpc) is 2.94. The highest BCUT2D eigenvalue weighted by Crippen LogP contribution is 2.40. The molecular formula is C17H27N3O3S. The Labute approximate surface area is 144 Å². The minimum atomic E-state index is -3.47. The van der Waals surface area contributed by atoms with E-state index in [0.29, 0.717) is 13.0 Å². The number of likely N-dealkylation sites (tertiary alicyclic amines) is 1. The van der Waals surface area contributed by atoms with Crippen molar-refractivity contribution < 1.29 is 13.5 Å². The van der Waals surface area contributed by atoms with Crippen LogP contribution < -0.4 is 0 Å². The van der Waals surface area contributed by atoms with Gasteiger partial charge in [-0.1, -0.05) is 30.3 Å². The summed E-state index contributed by atoms with van der Waals surface area (Å²) in [7, 11) is -0.405. The van der Waals surface area contributed by atoms with Gasteiger partial charge in [0, 0.05) is 39.3 Å². The van der Waals surface area contributed by atoms with E-state index in [0.717, 1.165) is 25.9 Å². The number of nitrogens with zero attached hydrogens (tertiary/aromatic N) is 3. The summed E-state index contributed by atoms with van der Waals surface area (Å²) in [6.07, 6.45) is 1.99.